The second-order valence-corrected chi connectivity index (χ2v) is 7.63. The average molecular weight is 565 g/mol. The number of likely N-dealkylation sites (N-methyl/N-ethyl adjacent to an activating group) is 1. The first-order chi connectivity index (χ1) is 15.2. The summed E-state index contributed by atoms with van der Waals surface area (Å²) in [5.41, 5.74) is 1.15. The summed E-state index contributed by atoms with van der Waals surface area (Å²) in [6.07, 6.45) is 3.12. The Kier molecular flexibility index (Phi) is 16.5. The molecule has 1 aromatic carbocycles. The number of hydrogen-bond donors (Lipinski definition) is 2. The van der Waals surface area contributed by atoms with Crippen LogP contribution in [0.15, 0.2) is 29.3 Å². The van der Waals surface area contributed by atoms with Gasteiger partial charge in [0.25, 0.3) is 0 Å². The standard InChI is InChI=1S/C23H40N4O4.HI/c1-24-23(25-10-5-12-29-17-16-28-3)26-19-20-6-4-7-22(18-20)31-15-11-27(2)21-8-13-30-14-9-21;/h4,6-7,18,21H,5,8-17,19H2,1-3H3,(H2,24,25,26);1H. The fourth-order valence-electron chi connectivity index (χ4n) is 3.39. The van der Waals surface area contributed by atoms with Gasteiger partial charge in [-0.3, -0.25) is 9.89 Å². The van der Waals surface area contributed by atoms with Gasteiger partial charge < -0.3 is 29.6 Å². The van der Waals surface area contributed by atoms with E-state index < -0.39 is 0 Å². The molecule has 0 saturated carbocycles. The zero-order chi connectivity index (χ0) is 22.2. The minimum absolute atomic E-state index is 0. The molecule has 1 aromatic rings. The van der Waals surface area contributed by atoms with Crippen molar-refractivity contribution in [2.75, 3.05) is 73.9 Å². The largest absolute Gasteiger partial charge is 0.492 e. The monoisotopic (exact) mass is 564 g/mol. The Morgan fingerprint density at radius 3 is 2.72 bits per heavy atom. The van der Waals surface area contributed by atoms with Crippen LogP contribution in [0, 0.1) is 0 Å². The number of benzene rings is 1. The van der Waals surface area contributed by atoms with Crippen LogP contribution in [0.5, 0.6) is 5.75 Å². The highest BCUT2D eigenvalue weighted by Gasteiger charge is 2.17. The summed E-state index contributed by atoms with van der Waals surface area (Å²) >= 11 is 0. The quantitative estimate of drug-likeness (QED) is 0.156. The Bertz CT molecular complexity index is 630. The Morgan fingerprint density at radius 2 is 1.97 bits per heavy atom. The Balaban J connectivity index is 0.00000512. The van der Waals surface area contributed by atoms with Gasteiger partial charge in [0.2, 0.25) is 0 Å². The van der Waals surface area contributed by atoms with Gasteiger partial charge in [0, 0.05) is 59.7 Å². The molecule has 9 heteroatoms. The fourth-order valence-corrected chi connectivity index (χ4v) is 3.39. The number of guanidine groups is 1. The van der Waals surface area contributed by atoms with Crippen LogP contribution in [0.25, 0.3) is 0 Å². The third-order valence-electron chi connectivity index (χ3n) is 5.30. The van der Waals surface area contributed by atoms with Crippen molar-refractivity contribution >= 4 is 29.9 Å². The molecule has 8 nitrogen and oxygen atoms in total. The van der Waals surface area contributed by atoms with E-state index >= 15 is 0 Å². The second kappa shape index (κ2) is 18.3. The van der Waals surface area contributed by atoms with E-state index in [0.29, 0.717) is 39.0 Å². The maximum Gasteiger partial charge on any atom is 0.191 e. The van der Waals surface area contributed by atoms with E-state index in [4.69, 9.17) is 18.9 Å². The van der Waals surface area contributed by atoms with E-state index in [1.807, 2.05) is 12.1 Å². The fraction of sp³-hybridized carbons (Fsp3) is 0.696. The van der Waals surface area contributed by atoms with E-state index in [1.165, 1.54) is 0 Å². The number of nitrogens with zero attached hydrogens (tertiary/aromatic N) is 2. The molecule has 1 heterocycles. The summed E-state index contributed by atoms with van der Waals surface area (Å²) in [6.45, 7) is 6.78. The molecule has 0 spiro atoms. The first-order valence-corrected chi connectivity index (χ1v) is 11.2. The molecule has 0 aliphatic carbocycles. The number of halogens is 1. The molecule has 0 unspecified atom stereocenters. The molecule has 184 valence electrons. The SMILES string of the molecule is CN=C(NCCCOCCOC)NCc1cccc(OCCN(C)C2CCOCC2)c1.I. The lowest BCUT2D eigenvalue weighted by Crippen LogP contribution is -2.38. The van der Waals surface area contributed by atoms with Crippen molar-refractivity contribution in [3.63, 3.8) is 0 Å². The van der Waals surface area contributed by atoms with Crippen LogP contribution >= 0.6 is 24.0 Å². The Labute approximate surface area is 210 Å². The van der Waals surface area contributed by atoms with Crippen molar-refractivity contribution in [3.8, 4) is 5.75 Å². The summed E-state index contributed by atoms with van der Waals surface area (Å²) in [7, 11) is 5.62. The molecular weight excluding hydrogens is 523 g/mol. The summed E-state index contributed by atoms with van der Waals surface area (Å²) in [6, 6.07) is 8.81. The number of nitrogens with one attached hydrogen (secondary N) is 2. The summed E-state index contributed by atoms with van der Waals surface area (Å²) in [5.74, 6) is 1.68. The molecule has 1 saturated heterocycles. The second-order valence-electron chi connectivity index (χ2n) is 7.63. The predicted octanol–water partition coefficient (Wildman–Crippen LogP) is 2.51. The minimum Gasteiger partial charge on any atom is -0.492 e. The molecule has 32 heavy (non-hydrogen) atoms. The van der Waals surface area contributed by atoms with Crippen LogP contribution < -0.4 is 15.4 Å². The van der Waals surface area contributed by atoms with Gasteiger partial charge in [0.05, 0.1) is 13.2 Å². The Hall–Kier alpha value is -1.14. The van der Waals surface area contributed by atoms with Crippen molar-refractivity contribution in [2.45, 2.75) is 31.8 Å². The van der Waals surface area contributed by atoms with Gasteiger partial charge in [0.1, 0.15) is 12.4 Å². The molecular formula is C23H41IN4O4. The van der Waals surface area contributed by atoms with E-state index in [9.17, 15) is 0 Å². The third kappa shape index (κ3) is 12.2. The average Bonchev–Trinajstić information content (AvgIpc) is 2.81. The first-order valence-electron chi connectivity index (χ1n) is 11.2. The number of aliphatic imine (C=N–C) groups is 1. The summed E-state index contributed by atoms with van der Waals surface area (Å²) in [5, 5.41) is 6.65. The maximum atomic E-state index is 5.99. The van der Waals surface area contributed by atoms with Crippen molar-refractivity contribution in [1.82, 2.24) is 15.5 Å². The molecule has 1 fully saturated rings. The van der Waals surface area contributed by atoms with Gasteiger partial charge in [-0.05, 0) is 44.0 Å². The number of methoxy groups -OCH3 is 1. The lowest BCUT2D eigenvalue weighted by Gasteiger charge is -2.31. The van der Waals surface area contributed by atoms with Crippen LogP contribution in [0.4, 0.5) is 0 Å². The predicted molar refractivity (Wildman–Crippen MR) is 139 cm³/mol. The smallest absolute Gasteiger partial charge is 0.191 e. The van der Waals surface area contributed by atoms with Gasteiger partial charge in [-0.1, -0.05) is 12.1 Å². The number of hydrogen-bond acceptors (Lipinski definition) is 6. The van der Waals surface area contributed by atoms with E-state index in [2.05, 4.69) is 39.7 Å². The number of ether oxygens (including phenoxy) is 4. The van der Waals surface area contributed by atoms with Gasteiger partial charge in [-0.15, -0.1) is 24.0 Å². The van der Waals surface area contributed by atoms with Crippen molar-refractivity contribution < 1.29 is 18.9 Å². The molecule has 1 aliphatic heterocycles. The normalized spacial score (nSPS) is 14.8. The molecule has 2 rings (SSSR count). The molecule has 0 amide bonds. The van der Waals surface area contributed by atoms with E-state index in [1.54, 1.807) is 14.2 Å². The van der Waals surface area contributed by atoms with E-state index in [0.717, 1.165) is 62.8 Å². The third-order valence-corrected chi connectivity index (χ3v) is 5.30. The summed E-state index contributed by atoms with van der Waals surface area (Å²) in [4.78, 5) is 6.66. The highest BCUT2D eigenvalue weighted by molar-refractivity contribution is 14.0. The van der Waals surface area contributed by atoms with Crippen LogP contribution in [0.1, 0.15) is 24.8 Å². The van der Waals surface area contributed by atoms with Gasteiger partial charge in [-0.2, -0.15) is 0 Å². The van der Waals surface area contributed by atoms with Crippen LogP contribution in [-0.2, 0) is 20.8 Å². The number of rotatable bonds is 14. The maximum absolute atomic E-state index is 5.99. The molecule has 2 N–H and O–H groups in total. The highest BCUT2D eigenvalue weighted by Crippen LogP contribution is 2.15. The topological polar surface area (TPSA) is 76.6 Å². The van der Waals surface area contributed by atoms with Gasteiger partial charge in [-0.25, -0.2) is 0 Å². The van der Waals surface area contributed by atoms with Crippen LogP contribution in [-0.4, -0.2) is 90.8 Å². The van der Waals surface area contributed by atoms with Gasteiger partial charge >= 0.3 is 0 Å². The first kappa shape index (κ1) is 28.9. The van der Waals surface area contributed by atoms with Crippen molar-refractivity contribution in [3.05, 3.63) is 29.8 Å². The summed E-state index contributed by atoms with van der Waals surface area (Å²) < 4.78 is 21.9. The van der Waals surface area contributed by atoms with Crippen LogP contribution in [0.2, 0.25) is 0 Å². The Morgan fingerprint density at radius 1 is 1.16 bits per heavy atom. The lowest BCUT2D eigenvalue weighted by atomic mass is 10.1. The van der Waals surface area contributed by atoms with E-state index in [-0.39, 0.29) is 24.0 Å². The zero-order valence-corrected chi connectivity index (χ0v) is 22.1. The lowest BCUT2D eigenvalue weighted by molar-refractivity contribution is 0.0392. The zero-order valence-electron chi connectivity index (χ0n) is 19.8. The highest BCUT2D eigenvalue weighted by atomic mass is 127. The molecule has 1 aliphatic rings. The molecule has 0 bridgehead atoms. The van der Waals surface area contributed by atoms with Crippen molar-refractivity contribution in [2.24, 2.45) is 4.99 Å². The van der Waals surface area contributed by atoms with Gasteiger partial charge in [0.15, 0.2) is 5.96 Å². The van der Waals surface area contributed by atoms with Crippen LogP contribution in [0.3, 0.4) is 0 Å². The van der Waals surface area contributed by atoms with Crippen molar-refractivity contribution in [1.29, 1.82) is 0 Å². The molecule has 0 atom stereocenters. The molecule has 0 aromatic heterocycles. The minimum atomic E-state index is 0. The molecule has 0 radical (unpaired) electrons.